The molecule has 1 rings (SSSR count). The van der Waals surface area contributed by atoms with Gasteiger partial charge in [0, 0.05) is 22.8 Å². The van der Waals surface area contributed by atoms with Gasteiger partial charge in [0.15, 0.2) is 0 Å². The molecule has 0 aliphatic rings. The number of benzene rings is 1. The van der Waals surface area contributed by atoms with E-state index in [4.69, 9.17) is 5.73 Å². The van der Waals surface area contributed by atoms with Gasteiger partial charge < -0.3 is 5.73 Å². The molecule has 0 aromatic heterocycles. The molecule has 70 valence electrons. The lowest BCUT2D eigenvalue weighted by atomic mass is 10.3. The fourth-order valence-corrected chi connectivity index (χ4v) is 1.94. The van der Waals surface area contributed by atoms with E-state index >= 15 is 0 Å². The Bertz CT molecular complexity index is 299. The molecule has 0 saturated heterocycles. The van der Waals surface area contributed by atoms with Crippen LogP contribution < -0.4 is 5.73 Å². The van der Waals surface area contributed by atoms with Gasteiger partial charge >= 0.3 is 0 Å². The Balaban J connectivity index is 2.45. The van der Waals surface area contributed by atoms with Gasteiger partial charge in [0.1, 0.15) is 5.78 Å². The average Bonchev–Trinajstić information content (AvgIpc) is 2.08. The van der Waals surface area contributed by atoms with E-state index in [0.29, 0.717) is 6.42 Å². The number of nitrogen functional groups attached to an aromatic ring is 1. The lowest BCUT2D eigenvalue weighted by Gasteiger charge is -2.02. The summed E-state index contributed by atoms with van der Waals surface area (Å²) in [5.74, 6) is 1.03. The summed E-state index contributed by atoms with van der Waals surface area (Å²) in [6, 6.07) is 7.70. The largest absolute Gasteiger partial charge is 0.398 e. The van der Waals surface area contributed by atoms with E-state index in [2.05, 4.69) is 0 Å². The molecule has 3 heteroatoms. The Kier molecular flexibility index (Phi) is 3.83. The molecule has 0 atom stereocenters. The van der Waals surface area contributed by atoms with Crippen molar-refractivity contribution in [3.05, 3.63) is 24.3 Å². The van der Waals surface area contributed by atoms with E-state index in [0.717, 1.165) is 16.3 Å². The van der Waals surface area contributed by atoms with Gasteiger partial charge in [-0.05, 0) is 19.1 Å². The molecule has 2 nitrogen and oxygen atoms in total. The minimum Gasteiger partial charge on any atom is -0.398 e. The van der Waals surface area contributed by atoms with Gasteiger partial charge in [-0.3, -0.25) is 4.79 Å². The van der Waals surface area contributed by atoms with Crippen LogP contribution in [0.15, 0.2) is 29.2 Å². The first-order valence-corrected chi connectivity index (χ1v) is 5.15. The summed E-state index contributed by atoms with van der Waals surface area (Å²) < 4.78 is 0. The Labute approximate surface area is 82.5 Å². The van der Waals surface area contributed by atoms with E-state index in [1.807, 2.05) is 24.3 Å². The smallest absolute Gasteiger partial charge is 0.130 e. The summed E-state index contributed by atoms with van der Waals surface area (Å²) in [5.41, 5.74) is 6.52. The van der Waals surface area contributed by atoms with Crippen molar-refractivity contribution in [1.29, 1.82) is 0 Å². The van der Waals surface area contributed by atoms with Crippen molar-refractivity contribution in [1.82, 2.24) is 0 Å². The summed E-state index contributed by atoms with van der Waals surface area (Å²) in [4.78, 5) is 11.7. The van der Waals surface area contributed by atoms with Gasteiger partial charge in [0.2, 0.25) is 0 Å². The second-order valence-corrected chi connectivity index (χ2v) is 3.98. The van der Waals surface area contributed by atoms with Crippen LogP contribution in [0.4, 0.5) is 5.69 Å². The second-order valence-electron chi connectivity index (χ2n) is 2.84. The first-order chi connectivity index (χ1) is 6.20. The van der Waals surface area contributed by atoms with Crippen LogP contribution in [0.1, 0.15) is 13.3 Å². The maximum absolute atomic E-state index is 10.7. The second kappa shape index (κ2) is 4.92. The third-order valence-corrected chi connectivity index (χ3v) is 2.72. The lowest BCUT2D eigenvalue weighted by molar-refractivity contribution is -0.116. The number of ketones is 1. The van der Waals surface area contributed by atoms with E-state index in [1.54, 1.807) is 18.7 Å². The average molecular weight is 195 g/mol. The van der Waals surface area contributed by atoms with Crippen LogP contribution in [0.25, 0.3) is 0 Å². The van der Waals surface area contributed by atoms with Crippen molar-refractivity contribution < 1.29 is 4.79 Å². The highest BCUT2D eigenvalue weighted by Gasteiger charge is 1.99. The number of Topliss-reactive ketones (excluding diaryl/α,β-unsaturated/α-hetero) is 1. The highest BCUT2D eigenvalue weighted by atomic mass is 32.2. The van der Waals surface area contributed by atoms with E-state index in [1.165, 1.54) is 0 Å². The molecule has 0 bridgehead atoms. The zero-order chi connectivity index (χ0) is 9.68. The van der Waals surface area contributed by atoms with Crippen LogP contribution in [-0.2, 0) is 4.79 Å². The number of anilines is 1. The van der Waals surface area contributed by atoms with Gasteiger partial charge in [-0.2, -0.15) is 0 Å². The predicted molar refractivity (Wildman–Crippen MR) is 56.9 cm³/mol. The van der Waals surface area contributed by atoms with E-state index in [-0.39, 0.29) is 5.78 Å². The van der Waals surface area contributed by atoms with Crippen LogP contribution in [0.3, 0.4) is 0 Å². The van der Waals surface area contributed by atoms with Gasteiger partial charge in [0.25, 0.3) is 0 Å². The Morgan fingerprint density at radius 1 is 1.46 bits per heavy atom. The fourth-order valence-electron chi connectivity index (χ4n) is 0.917. The maximum atomic E-state index is 10.7. The molecule has 0 fully saturated rings. The number of thioether (sulfide) groups is 1. The molecule has 13 heavy (non-hydrogen) atoms. The fraction of sp³-hybridized carbons (Fsp3) is 0.300. The number of rotatable bonds is 4. The van der Waals surface area contributed by atoms with Crippen molar-refractivity contribution in [3.63, 3.8) is 0 Å². The third kappa shape index (κ3) is 3.51. The van der Waals surface area contributed by atoms with Gasteiger partial charge in [-0.15, -0.1) is 11.8 Å². The zero-order valence-corrected chi connectivity index (χ0v) is 8.43. The first-order valence-electron chi connectivity index (χ1n) is 4.17. The van der Waals surface area contributed by atoms with Gasteiger partial charge in [-0.25, -0.2) is 0 Å². The molecule has 2 N–H and O–H groups in total. The molecule has 0 amide bonds. The van der Waals surface area contributed by atoms with Crippen LogP contribution in [0.5, 0.6) is 0 Å². The quantitative estimate of drug-likeness (QED) is 0.592. The molecule has 1 aromatic rings. The van der Waals surface area contributed by atoms with Crippen LogP contribution >= 0.6 is 11.8 Å². The van der Waals surface area contributed by atoms with Gasteiger partial charge in [-0.1, -0.05) is 12.1 Å². The number of hydrogen-bond donors (Lipinski definition) is 1. The van der Waals surface area contributed by atoms with Crippen LogP contribution in [-0.4, -0.2) is 11.5 Å². The molecule has 0 aliphatic heterocycles. The summed E-state index contributed by atoms with van der Waals surface area (Å²) in [5, 5.41) is 0. The van der Waals surface area contributed by atoms with Crippen molar-refractivity contribution >= 4 is 23.2 Å². The summed E-state index contributed by atoms with van der Waals surface area (Å²) in [6.45, 7) is 1.61. The van der Waals surface area contributed by atoms with Crippen molar-refractivity contribution in [3.8, 4) is 0 Å². The number of carbonyl (C=O) groups excluding carboxylic acids is 1. The van der Waals surface area contributed by atoms with E-state index < -0.39 is 0 Å². The minimum atomic E-state index is 0.224. The number of para-hydroxylation sites is 1. The number of hydrogen-bond acceptors (Lipinski definition) is 3. The van der Waals surface area contributed by atoms with Crippen molar-refractivity contribution in [2.45, 2.75) is 18.2 Å². The van der Waals surface area contributed by atoms with Crippen LogP contribution in [0, 0.1) is 0 Å². The first kappa shape index (κ1) is 10.1. The molecule has 0 radical (unpaired) electrons. The van der Waals surface area contributed by atoms with E-state index in [9.17, 15) is 4.79 Å². The third-order valence-electron chi connectivity index (χ3n) is 1.63. The lowest BCUT2D eigenvalue weighted by Crippen LogP contribution is -1.93. The highest BCUT2D eigenvalue weighted by Crippen LogP contribution is 2.24. The number of carbonyl (C=O) groups is 1. The number of nitrogens with two attached hydrogens (primary N) is 1. The summed E-state index contributed by atoms with van der Waals surface area (Å²) in [6.07, 6.45) is 0.610. The highest BCUT2D eigenvalue weighted by molar-refractivity contribution is 7.99. The zero-order valence-electron chi connectivity index (χ0n) is 7.62. The molecule has 0 unspecified atom stereocenters. The van der Waals surface area contributed by atoms with Crippen LogP contribution in [0.2, 0.25) is 0 Å². The van der Waals surface area contributed by atoms with Crippen molar-refractivity contribution in [2.75, 3.05) is 11.5 Å². The maximum Gasteiger partial charge on any atom is 0.130 e. The monoisotopic (exact) mass is 195 g/mol. The Hall–Kier alpha value is -0.960. The Morgan fingerprint density at radius 2 is 2.15 bits per heavy atom. The molecular weight excluding hydrogens is 182 g/mol. The molecule has 0 spiro atoms. The SMILES string of the molecule is CC(=O)CCSc1ccccc1N. The standard InChI is InChI=1S/C10H13NOS/c1-8(12)6-7-13-10-5-3-2-4-9(10)11/h2-5H,6-7,11H2,1H3. The summed E-state index contributed by atoms with van der Waals surface area (Å²) in [7, 11) is 0. The molecular formula is C10H13NOS. The van der Waals surface area contributed by atoms with Gasteiger partial charge in [0.05, 0.1) is 0 Å². The van der Waals surface area contributed by atoms with Crippen molar-refractivity contribution in [2.24, 2.45) is 0 Å². The predicted octanol–water partition coefficient (Wildman–Crippen LogP) is 2.34. The molecule has 0 heterocycles. The minimum absolute atomic E-state index is 0.224. The topological polar surface area (TPSA) is 43.1 Å². The summed E-state index contributed by atoms with van der Waals surface area (Å²) >= 11 is 1.63. The Morgan fingerprint density at radius 3 is 2.77 bits per heavy atom. The molecule has 0 aliphatic carbocycles. The molecule has 0 saturated carbocycles. The molecule has 1 aromatic carbocycles. The normalized spacial score (nSPS) is 9.92.